The van der Waals surface area contributed by atoms with Gasteiger partial charge in [0.05, 0.1) is 6.07 Å². The molecule has 2 rings (SSSR count). The minimum atomic E-state index is -0.372. The average molecular weight is 228 g/mol. The van der Waals surface area contributed by atoms with E-state index in [4.69, 9.17) is 0 Å². The third kappa shape index (κ3) is 3.04. The number of allylic oxidation sites excluding steroid dienone is 8. The summed E-state index contributed by atoms with van der Waals surface area (Å²) >= 11 is 0. The Bertz CT molecular complexity index is 577. The summed E-state index contributed by atoms with van der Waals surface area (Å²) in [4.78, 5) is 17.7. The van der Waals surface area contributed by atoms with Crippen molar-refractivity contribution < 1.29 is 5.11 Å². The van der Waals surface area contributed by atoms with E-state index < -0.39 is 0 Å². The smallest absolute Gasteiger partial charge is 0.254 e. The van der Waals surface area contributed by atoms with Crippen LogP contribution in [-0.2, 0) is 0 Å². The van der Waals surface area contributed by atoms with Crippen LogP contribution in [0.15, 0.2) is 53.4 Å². The molecule has 0 bridgehead atoms. The van der Waals surface area contributed by atoms with Crippen molar-refractivity contribution in [1.29, 1.82) is 0 Å². The van der Waals surface area contributed by atoms with Gasteiger partial charge < -0.3 is 10.1 Å². The molecule has 0 radical (unpaired) electrons. The van der Waals surface area contributed by atoms with Gasteiger partial charge in [0.15, 0.2) is 0 Å². The first-order valence-electron chi connectivity index (χ1n) is 5.26. The second kappa shape index (κ2) is 5.12. The van der Waals surface area contributed by atoms with Crippen molar-refractivity contribution in [1.82, 2.24) is 9.97 Å². The molecular formula is C13H12N2O2. The van der Waals surface area contributed by atoms with E-state index in [1.165, 1.54) is 0 Å². The molecule has 0 amide bonds. The number of aromatic nitrogens is 2. The summed E-state index contributed by atoms with van der Waals surface area (Å²) in [6.45, 7) is 0. The van der Waals surface area contributed by atoms with E-state index in [9.17, 15) is 9.90 Å². The zero-order chi connectivity index (χ0) is 12.1. The number of H-pyrrole nitrogens is 1. The Hall–Kier alpha value is -2.36. The molecule has 0 spiro atoms. The summed E-state index contributed by atoms with van der Waals surface area (Å²) in [5, 5.41) is 9.29. The molecule has 0 aliphatic heterocycles. The number of nitrogens with zero attached hydrogens (tertiary/aromatic N) is 1. The van der Waals surface area contributed by atoms with Gasteiger partial charge in [-0.25, -0.2) is 0 Å². The lowest BCUT2D eigenvalue weighted by molar-refractivity contribution is 0.450. The first-order valence-corrected chi connectivity index (χ1v) is 5.26. The van der Waals surface area contributed by atoms with Crippen LogP contribution in [0.2, 0.25) is 0 Å². The lowest BCUT2D eigenvalue weighted by atomic mass is 10.2. The van der Waals surface area contributed by atoms with Gasteiger partial charge >= 0.3 is 0 Å². The maximum Gasteiger partial charge on any atom is 0.254 e. The number of rotatable bonds is 1. The molecule has 4 heteroatoms. The van der Waals surface area contributed by atoms with Crippen LogP contribution >= 0.6 is 0 Å². The number of aromatic hydroxyl groups is 1. The SMILES string of the molecule is O=c1cc(O)nc(/C2=C/C=C\C=C/CC=C2)[nH]1. The maximum absolute atomic E-state index is 11.2. The number of nitrogens with one attached hydrogen (secondary N) is 1. The molecule has 0 unspecified atom stereocenters. The molecule has 0 atom stereocenters. The second-order valence-corrected chi connectivity index (χ2v) is 3.53. The van der Waals surface area contributed by atoms with Gasteiger partial charge in [-0.2, -0.15) is 4.98 Å². The van der Waals surface area contributed by atoms with Crippen LogP contribution in [0.1, 0.15) is 12.2 Å². The highest BCUT2D eigenvalue weighted by atomic mass is 16.3. The summed E-state index contributed by atoms with van der Waals surface area (Å²) in [5.74, 6) is 0.0813. The normalized spacial score (nSPS) is 21.8. The first-order chi connectivity index (χ1) is 8.25. The van der Waals surface area contributed by atoms with Gasteiger partial charge in [-0.1, -0.05) is 42.5 Å². The molecule has 17 heavy (non-hydrogen) atoms. The van der Waals surface area contributed by atoms with Crippen molar-refractivity contribution in [2.75, 3.05) is 0 Å². The Balaban J connectivity index is 2.44. The largest absolute Gasteiger partial charge is 0.493 e. The predicted octanol–water partition coefficient (Wildman–Crippen LogP) is 1.93. The summed E-state index contributed by atoms with van der Waals surface area (Å²) in [7, 11) is 0. The van der Waals surface area contributed by atoms with Crippen LogP contribution in [-0.4, -0.2) is 15.1 Å². The predicted molar refractivity (Wildman–Crippen MR) is 66.5 cm³/mol. The standard InChI is InChI=1S/C13H12N2O2/c16-11-9-12(17)15-13(14-11)10-7-5-3-1-2-4-6-8-10/h1-3,5-9H,4H2,(H2,14,15,16,17)/b2-1-,5-3-,8-6?,10-7+. The van der Waals surface area contributed by atoms with Crippen molar-refractivity contribution in [3.05, 3.63) is 64.8 Å². The molecular weight excluding hydrogens is 216 g/mol. The Morgan fingerprint density at radius 1 is 1.24 bits per heavy atom. The fourth-order valence-electron chi connectivity index (χ4n) is 1.45. The molecule has 1 aliphatic rings. The van der Waals surface area contributed by atoms with Gasteiger partial charge in [-0.05, 0) is 6.42 Å². The lowest BCUT2D eigenvalue weighted by Crippen LogP contribution is -2.08. The Kier molecular flexibility index (Phi) is 3.35. The minimum absolute atomic E-state index is 0.278. The van der Waals surface area contributed by atoms with E-state index in [2.05, 4.69) is 9.97 Å². The lowest BCUT2D eigenvalue weighted by Gasteiger charge is -2.00. The highest BCUT2D eigenvalue weighted by Gasteiger charge is 2.03. The number of hydrogen-bond donors (Lipinski definition) is 2. The summed E-state index contributed by atoms with van der Waals surface area (Å²) in [6.07, 6.45) is 14.2. The molecule has 4 nitrogen and oxygen atoms in total. The van der Waals surface area contributed by atoms with Gasteiger partial charge in [-0.15, -0.1) is 0 Å². The average Bonchev–Trinajstić information content (AvgIpc) is 2.40. The fourth-order valence-corrected chi connectivity index (χ4v) is 1.45. The van der Waals surface area contributed by atoms with Crippen LogP contribution < -0.4 is 5.56 Å². The fraction of sp³-hybridized carbons (Fsp3) is 0.0769. The van der Waals surface area contributed by atoms with Crippen LogP contribution in [0, 0.1) is 0 Å². The van der Waals surface area contributed by atoms with Crippen molar-refractivity contribution in [2.24, 2.45) is 0 Å². The van der Waals surface area contributed by atoms with Crippen molar-refractivity contribution in [3.8, 4) is 5.88 Å². The minimum Gasteiger partial charge on any atom is -0.493 e. The maximum atomic E-state index is 11.2. The van der Waals surface area contributed by atoms with Gasteiger partial charge in [0.2, 0.25) is 5.88 Å². The van der Waals surface area contributed by atoms with Crippen molar-refractivity contribution in [2.45, 2.75) is 6.42 Å². The van der Waals surface area contributed by atoms with E-state index in [0.717, 1.165) is 18.1 Å². The molecule has 86 valence electrons. The molecule has 1 aliphatic carbocycles. The zero-order valence-corrected chi connectivity index (χ0v) is 9.13. The molecule has 1 aromatic heterocycles. The quantitative estimate of drug-likeness (QED) is 0.771. The monoisotopic (exact) mass is 228 g/mol. The third-order valence-electron chi connectivity index (χ3n) is 2.21. The molecule has 1 heterocycles. The topological polar surface area (TPSA) is 66.0 Å². The molecule has 0 saturated carbocycles. The molecule has 2 N–H and O–H groups in total. The molecule has 0 fully saturated rings. The van der Waals surface area contributed by atoms with E-state index >= 15 is 0 Å². The van der Waals surface area contributed by atoms with Gasteiger partial charge in [0, 0.05) is 5.57 Å². The Morgan fingerprint density at radius 2 is 2.12 bits per heavy atom. The van der Waals surface area contributed by atoms with Crippen LogP contribution in [0.25, 0.3) is 5.57 Å². The van der Waals surface area contributed by atoms with E-state index in [0.29, 0.717) is 5.82 Å². The first kappa shape index (κ1) is 11.1. The van der Waals surface area contributed by atoms with Gasteiger partial charge in [0.1, 0.15) is 5.82 Å². The Labute approximate surface area is 98.3 Å². The van der Waals surface area contributed by atoms with Gasteiger partial charge in [0.25, 0.3) is 5.56 Å². The van der Waals surface area contributed by atoms with E-state index in [1.807, 2.05) is 42.5 Å². The summed E-state index contributed by atoms with van der Waals surface area (Å²) in [5.41, 5.74) is 0.377. The molecule has 1 aromatic rings. The Morgan fingerprint density at radius 3 is 2.94 bits per heavy atom. The molecule has 0 aromatic carbocycles. The molecule has 0 saturated heterocycles. The highest BCUT2D eigenvalue weighted by Crippen LogP contribution is 2.13. The van der Waals surface area contributed by atoms with Crippen LogP contribution in [0.5, 0.6) is 5.88 Å². The van der Waals surface area contributed by atoms with E-state index in [1.54, 1.807) is 0 Å². The zero-order valence-electron chi connectivity index (χ0n) is 9.13. The third-order valence-corrected chi connectivity index (χ3v) is 2.21. The number of hydrogen-bond acceptors (Lipinski definition) is 3. The summed E-state index contributed by atoms with van der Waals surface area (Å²) < 4.78 is 0. The van der Waals surface area contributed by atoms with E-state index in [-0.39, 0.29) is 11.4 Å². The van der Waals surface area contributed by atoms with Crippen LogP contribution in [0.3, 0.4) is 0 Å². The van der Waals surface area contributed by atoms with Crippen molar-refractivity contribution in [3.63, 3.8) is 0 Å². The number of aromatic amines is 1. The highest BCUT2D eigenvalue weighted by molar-refractivity contribution is 5.71. The van der Waals surface area contributed by atoms with Crippen LogP contribution in [0.4, 0.5) is 0 Å². The summed E-state index contributed by atoms with van der Waals surface area (Å²) in [6, 6.07) is 1.04. The van der Waals surface area contributed by atoms with Crippen molar-refractivity contribution >= 4 is 5.57 Å². The van der Waals surface area contributed by atoms with Gasteiger partial charge in [-0.3, -0.25) is 4.79 Å². The second-order valence-electron chi connectivity index (χ2n) is 3.53.